The van der Waals surface area contributed by atoms with E-state index < -0.39 is 0 Å². The summed E-state index contributed by atoms with van der Waals surface area (Å²) in [5.74, 6) is 0.436. The lowest BCUT2D eigenvalue weighted by atomic mass is 10.2. The van der Waals surface area contributed by atoms with Crippen LogP contribution in [0.15, 0.2) is 53.6 Å². The molecule has 2 rings (SSSR count). The van der Waals surface area contributed by atoms with Crippen molar-refractivity contribution in [2.45, 2.75) is 6.92 Å². The van der Waals surface area contributed by atoms with Gasteiger partial charge in [-0.1, -0.05) is 12.1 Å². The van der Waals surface area contributed by atoms with Crippen molar-refractivity contribution < 1.29 is 9.53 Å². The summed E-state index contributed by atoms with van der Waals surface area (Å²) in [7, 11) is 0. The van der Waals surface area contributed by atoms with Gasteiger partial charge in [0.25, 0.3) is 5.91 Å². The van der Waals surface area contributed by atoms with Crippen LogP contribution in [-0.4, -0.2) is 18.7 Å². The van der Waals surface area contributed by atoms with E-state index in [1.807, 2.05) is 31.2 Å². The molecule has 1 amide bonds. The Morgan fingerprint density at radius 3 is 2.67 bits per heavy atom. The minimum atomic E-state index is -0.292. The van der Waals surface area contributed by atoms with Crippen molar-refractivity contribution in [2.24, 2.45) is 5.10 Å². The van der Waals surface area contributed by atoms with E-state index in [0.29, 0.717) is 17.9 Å². The zero-order chi connectivity index (χ0) is 15.1. The third-order valence-electron chi connectivity index (χ3n) is 2.76. The number of carbonyl (C=O) groups is 1. The van der Waals surface area contributed by atoms with Crippen molar-refractivity contribution in [1.82, 2.24) is 5.43 Å². The highest BCUT2D eigenvalue weighted by Crippen LogP contribution is 2.15. The molecule has 0 fully saturated rings. The number of nitrogens with one attached hydrogen (secondary N) is 1. The molecule has 3 N–H and O–H groups in total. The van der Waals surface area contributed by atoms with E-state index in [1.165, 1.54) is 0 Å². The summed E-state index contributed by atoms with van der Waals surface area (Å²) in [5, 5.41) is 3.95. The van der Waals surface area contributed by atoms with E-state index in [0.717, 1.165) is 11.3 Å². The van der Waals surface area contributed by atoms with Crippen LogP contribution in [0.5, 0.6) is 5.75 Å². The summed E-state index contributed by atoms with van der Waals surface area (Å²) in [5.41, 5.74) is 9.96. The minimum Gasteiger partial charge on any atom is -0.493 e. The van der Waals surface area contributed by atoms with Gasteiger partial charge in [0.1, 0.15) is 5.75 Å². The maximum Gasteiger partial charge on any atom is 0.271 e. The van der Waals surface area contributed by atoms with Gasteiger partial charge in [-0.3, -0.25) is 4.79 Å². The monoisotopic (exact) mass is 283 g/mol. The van der Waals surface area contributed by atoms with Gasteiger partial charge in [0.05, 0.1) is 12.8 Å². The standard InChI is InChI=1S/C16H17N3O2/c1-2-21-15-6-4-3-5-13(15)11-18-19-16(20)12-7-9-14(17)10-8-12/h3-11H,2,17H2,1H3,(H,19,20)/b18-11-. The third-order valence-corrected chi connectivity index (χ3v) is 2.76. The number of rotatable bonds is 5. The minimum absolute atomic E-state index is 0.292. The van der Waals surface area contributed by atoms with Crippen LogP contribution in [0, 0.1) is 0 Å². The van der Waals surface area contributed by atoms with Crippen LogP contribution in [0.25, 0.3) is 0 Å². The first kappa shape index (κ1) is 14.6. The number of hydrogen-bond acceptors (Lipinski definition) is 4. The molecule has 0 spiro atoms. The molecule has 2 aromatic rings. The van der Waals surface area contributed by atoms with E-state index in [9.17, 15) is 4.79 Å². The number of nitrogens with zero attached hydrogens (tertiary/aromatic N) is 1. The van der Waals surface area contributed by atoms with Crippen LogP contribution in [0.4, 0.5) is 5.69 Å². The zero-order valence-electron chi connectivity index (χ0n) is 11.7. The predicted molar refractivity (Wildman–Crippen MR) is 83.5 cm³/mol. The molecule has 0 saturated heterocycles. The van der Waals surface area contributed by atoms with E-state index in [1.54, 1.807) is 30.5 Å². The molecule has 0 aromatic heterocycles. The summed E-state index contributed by atoms with van der Waals surface area (Å²) in [4.78, 5) is 11.9. The number of amides is 1. The highest BCUT2D eigenvalue weighted by molar-refractivity contribution is 5.95. The molecule has 0 saturated carbocycles. The number of nitrogens with two attached hydrogens (primary N) is 1. The van der Waals surface area contributed by atoms with Gasteiger partial charge < -0.3 is 10.5 Å². The van der Waals surface area contributed by atoms with Gasteiger partial charge in [-0.2, -0.15) is 5.10 Å². The maximum atomic E-state index is 11.9. The number of hydrazone groups is 1. The Labute approximate surface area is 123 Å². The summed E-state index contributed by atoms with van der Waals surface area (Å²) >= 11 is 0. The second-order valence-corrected chi connectivity index (χ2v) is 4.29. The Hall–Kier alpha value is -2.82. The fourth-order valence-electron chi connectivity index (χ4n) is 1.73. The first-order valence-electron chi connectivity index (χ1n) is 6.61. The number of nitrogen functional groups attached to an aromatic ring is 1. The molecule has 0 aliphatic carbocycles. The van der Waals surface area contributed by atoms with Crippen LogP contribution < -0.4 is 15.9 Å². The van der Waals surface area contributed by atoms with E-state index >= 15 is 0 Å². The van der Waals surface area contributed by atoms with Crippen molar-refractivity contribution in [2.75, 3.05) is 12.3 Å². The van der Waals surface area contributed by atoms with Crippen LogP contribution in [0.1, 0.15) is 22.8 Å². The van der Waals surface area contributed by atoms with Gasteiger partial charge in [-0.15, -0.1) is 0 Å². The average molecular weight is 283 g/mol. The van der Waals surface area contributed by atoms with Gasteiger partial charge in [0.2, 0.25) is 0 Å². The van der Waals surface area contributed by atoms with Gasteiger partial charge in [-0.25, -0.2) is 5.43 Å². The SMILES string of the molecule is CCOc1ccccc1/C=N\NC(=O)c1ccc(N)cc1. The molecule has 5 nitrogen and oxygen atoms in total. The molecule has 2 aromatic carbocycles. The Balaban J connectivity index is 2.02. The molecule has 108 valence electrons. The first-order chi connectivity index (χ1) is 10.2. The molecule has 0 radical (unpaired) electrons. The number of para-hydroxylation sites is 1. The number of benzene rings is 2. The molecule has 0 aliphatic rings. The lowest BCUT2D eigenvalue weighted by Crippen LogP contribution is -2.17. The zero-order valence-corrected chi connectivity index (χ0v) is 11.7. The maximum absolute atomic E-state index is 11.9. The molecule has 0 aliphatic heterocycles. The first-order valence-corrected chi connectivity index (χ1v) is 6.61. The lowest BCUT2D eigenvalue weighted by Gasteiger charge is -2.05. The van der Waals surface area contributed by atoms with Crippen molar-refractivity contribution in [1.29, 1.82) is 0 Å². The molecule has 0 unspecified atom stereocenters. The van der Waals surface area contributed by atoms with Crippen molar-refractivity contribution >= 4 is 17.8 Å². The Kier molecular flexibility index (Phi) is 4.93. The van der Waals surface area contributed by atoms with Crippen molar-refractivity contribution in [3.8, 4) is 5.75 Å². The Bertz CT molecular complexity index is 636. The van der Waals surface area contributed by atoms with Crippen LogP contribution in [0.2, 0.25) is 0 Å². The van der Waals surface area contributed by atoms with Gasteiger partial charge in [0, 0.05) is 16.8 Å². The molecule has 0 bridgehead atoms. The van der Waals surface area contributed by atoms with Crippen LogP contribution >= 0.6 is 0 Å². The Morgan fingerprint density at radius 1 is 1.24 bits per heavy atom. The molecular formula is C16H17N3O2. The summed E-state index contributed by atoms with van der Waals surface area (Å²) in [6.45, 7) is 2.49. The molecule has 21 heavy (non-hydrogen) atoms. The van der Waals surface area contributed by atoms with Crippen molar-refractivity contribution in [3.63, 3.8) is 0 Å². The fourth-order valence-corrected chi connectivity index (χ4v) is 1.73. The molecular weight excluding hydrogens is 266 g/mol. The van der Waals surface area contributed by atoms with E-state index in [2.05, 4.69) is 10.5 Å². The van der Waals surface area contributed by atoms with Crippen LogP contribution in [-0.2, 0) is 0 Å². The number of ether oxygens (including phenoxy) is 1. The summed E-state index contributed by atoms with van der Waals surface area (Å²) < 4.78 is 5.47. The second-order valence-electron chi connectivity index (χ2n) is 4.29. The smallest absolute Gasteiger partial charge is 0.271 e. The second kappa shape index (κ2) is 7.09. The summed E-state index contributed by atoms with van der Waals surface area (Å²) in [6, 6.07) is 14.1. The molecule has 5 heteroatoms. The van der Waals surface area contributed by atoms with Gasteiger partial charge in [0.15, 0.2) is 0 Å². The number of hydrogen-bond donors (Lipinski definition) is 2. The summed E-state index contributed by atoms with van der Waals surface area (Å²) in [6.07, 6.45) is 1.56. The highest BCUT2D eigenvalue weighted by Gasteiger charge is 2.03. The van der Waals surface area contributed by atoms with Crippen LogP contribution in [0.3, 0.4) is 0 Å². The van der Waals surface area contributed by atoms with E-state index in [-0.39, 0.29) is 5.91 Å². The number of carbonyl (C=O) groups excluding carboxylic acids is 1. The highest BCUT2D eigenvalue weighted by atomic mass is 16.5. The largest absolute Gasteiger partial charge is 0.493 e. The third kappa shape index (κ3) is 4.07. The Morgan fingerprint density at radius 2 is 1.95 bits per heavy atom. The topological polar surface area (TPSA) is 76.7 Å². The van der Waals surface area contributed by atoms with Gasteiger partial charge in [-0.05, 0) is 43.3 Å². The normalized spacial score (nSPS) is 10.5. The van der Waals surface area contributed by atoms with Crippen molar-refractivity contribution in [3.05, 3.63) is 59.7 Å². The number of anilines is 1. The molecule has 0 heterocycles. The quantitative estimate of drug-likeness (QED) is 0.502. The van der Waals surface area contributed by atoms with Gasteiger partial charge >= 0.3 is 0 Å². The average Bonchev–Trinajstić information content (AvgIpc) is 2.50. The van der Waals surface area contributed by atoms with E-state index in [4.69, 9.17) is 10.5 Å². The predicted octanol–water partition coefficient (Wildman–Crippen LogP) is 2.43. The fraction of sp³-hybridized carbons (Fsp3) is 0.125. The molecule has 0 atom stereocenters. The lowest BCUT2D eigenvalue weighted by molar-refractivity contribution is 0.0955.